The average Bonchev–Trinajstić information content (AvgIpc) is 2.26. The van der Waals surface area contributed by atoms with Gasteiger partial charge in [0.1, 0.15) is 11.3 Å². The summed E-state index contributed by atoms with van der Waals surface area (Å²) in [4.78, 5) is 11.5. The van der Waals surface area contributed by atoms with Gasteiger partial charge in [0.2, 0.25) is 0 Å². The first kappa shape index (κ1) is 15.2. The molecule has 0 N–H and O–H groups in total. The van der Waals surface area contributed by atoms with Gasteiger partial charge in [0.15, 0.2) is 0 Å². The second kappa shape index (κ2) is 5.85. The predicted molar refractivity (Wildman–Crippen MR) is 54.0 cm³/mol. The summed E-state index contributed by atoms with van der Waals surface area (Å²) in [5, 5.41) is 0. The number of hydrogen-bond donors (Lipinski definition) is 0. The zero-order valence-electron chi connectivity index (χ0n) is 9.63. The Hall–Kier alpha value is -1.86. The van der Waals surface area contributed by atoms with Crippen LogP contribution in [-0.4, -0.2) is 18.9 Å². The molecule has 0 saturated heterocycles. The van der Waals surface area contributed by atoms with Crippen molar-refractivity contribution in [1.29, 1.82) is 0 Å². The molecule has 0 aromatic heterocycles. The number of hydrogen-bond acceptors (Lipinski definition) is 3. The molecule has 106 valence electrons. The molecule has 1 aromatic carbocycles. The summed E-state index contributed by atoms with van der Waals surface area (Å²) in [6.45, 7) is 1.23. The third kappa shape index (κ3) is 4.08. The van der Waals surface area contributed by atoms with Gasteiger partial charge < -0.3 is 9.47 Å². The summed E-state index contributed by atoms with van der Waals surface area (Å²) in [6, 6.07) is 2.54. The van der Waals surface area contributed by atoms with Crippen molar-refractivity contribution < 1.29 is 36.2 Å². The lowest BCUT2D eigenvalue weighted by molar-refractivity contribution is -0.274. The molecule has 8 heteroatoms. The van der Waals surface area contributed by atoms with Crippen molar-refractivity contribution in [2.45, 2.75) is 19.7 Å². The second-order valence-corrected chi connectivity index (χ2v) is 3.29. The lowest BCUT2D eigenvalue weighted by atomic mass is 10.1. The SMILES string of the molecule is CCOC(=O)c1c(OC(F)(F)F)cccc1C(F)F. The van der Waals surface area contributed by atoms with Crippen molar-refractivity contribution in [3.63, 3.8) is 0 Å². The number of ether oxygens (including phenoxy) is 2. The van der Waals surface area contributed by atoms with Crippen molar-refractivity contribution in [3.8, 4) is 5.75 Å². The van der Waals surface area contributed by atoms with Gasteiger partial charge in [-0.25, -0.2) is 13.6 Å². The molecule has 0 aliphatic rings. The number of benzene rings is 1. The average molecular weight is 284 g/mol. The van der Waals surface area contributed by atoms with Crippen LogP contribution >= 0.6 is 0 Å². The highest BCUT2D eigenvalue weighted by atomic mass is 19.4. The zero-order valence-corrected chi connectivity index (χ0v) is 9.63. The molecule has 0 radical (unpaired) electrons. The molecule has 0 heterocycles. The van der Waals surface area contributed by atoms with Crippen molar-refractivity contribution >= 4 is 5.97 Å². The highest BCUT2D eigenvalue weighted by Gasteiger charge is 2.34. The highest BCUT2D eigenvalue weighted by molar-refractivity contribution is 5.94. The normalized spacial score (nSPS) is 11.5. The number of halogens is 5. The Kier molecular flexibility index (Phi) is 4.68. The monoisotopic (exact) mass is 284 g/mol. The fraction of sp³-hybridized carbons (Fsp3) is 0.364. The van der Waals surface area contributed by atoms with E-state index in [4.69, 9.17) is 0 Å². The van der Waals surface area contributed by atoms with E-state index in [9.17, 15) is 26.7 Å². The first-order valence-corrected chi connectivity index (χ1v) is 5.10. The fourth-order valence-electron chi connectivity index (χ4n) is 1.36. The van der Waals surface area contributed by atoms with E-state index in [2.05, 4.69) is 9.47 Å². The van der Waals surface area contributed by atoms with Crippen LogP contribution in [0, 0.1) is 0 Å². The van der Waals surface area contributed by atoms with Gasteiger partial charge in [-0.2, -0.15) is 0 Å². The molecule has 1 aromatic rings. The van der Waals surface area contributed by atoms with Crippen LogP contribution in [0.1, 0.15) is 29.3 Å². The zero-order chi connectivity index (χ0) is 14.6. The fourth-order valence-corrected chi connectivity index (χ4v) is 1.36. The molecule has 0 amide bonds. The standard InChI is InChI=1S/C11H9F5O3/c1-2-18-10(17)8-6(9(12)13)4-3-5-7(8)19-11(14,15)16/h3-5,9H,2H2,1H3. The molecular weight excluding hydrogens is 275 g/mol. The molecule has 0 fully saturated rings. The van der Waals surface area contributed by atoms with Crippen molar-refractivity contribution in [3.05, 3.63) is 29.3 Å². The largest absolute Gasteiger partial charge is 0.573 e. The van der Waals surface area contributed by atoms with Gasteiger partial charge in [-0.1, -0.05) is 12.1 Å². The Morgan fingerprint density at radius 3 is 2.42 bits per heavy atom. The van der Waals surface area contributed by atoms with E-state index in [1.807, 2.05) is 0 Å². The van der Waals surface area contributed by atoms with E-state index < -0.39 is 35.6 Å². The Morgan fingerprint density at radius 1 is 1.32 bits per heavy atom. The van der Waals surface area contributed by atoms with Gasteiger partial charge in [-0.15, -0.1) is 13.2 Å². The lowest BCUT2D eigenvalue weighted by Gasteiger charge is -2.15. The summed E-state index contributed by atoms with van der Waals surface area (Å²) in [5.41, 5.74) is -1.79. The quantitative estimate of drug-likeness (QED) is 0.624. The molecule has 19 heavy (non-hydrogen) atoms. The van der Waals surface area contributed by atoms with Gasteiger partial charge in [0.05, 0.1) is 6.61 Å². The molecule has 0 aliphatic carbocycles. The first-order valence-electron chi connectivity index (χ1n) is 5.10. The number of rotatable bonds is 4. The van der Waals surface area contributed by atoms with Gasteiger partial charge in [0.25, 0.3) is 6.43 Å². The van der Waals surface area contributed by atoms with Crippen molar-refractivity contribution in [1.82, 2.24) is 0 Å². The Labute approximate surface area is 104 Å². The van der Waals surface area contributed by atoms with Crippen LogP contribution in [0.25, 0.3) is 0 Å². The Morgan fingerprint density at radius 2 is 1.95 bits per heavy atom. The summed E-state index contributed by atoms with van der Waals surface area (Å²) in [6.07, 6.45) is -8.22. The molecule has 0 atom stereocenters. The molecule has 0 aliphatic heterocycles. The van der Waals surface area contributed by atoms with E-state index in [0.29, 0.717) is 0 Å². The lowest BCUT2D eigenvalue weighted by Crippen LogP contribution is -2.20. The second-order valence-electron chi connectivity index (χ2n) is 3.29. The summed E-state index contributed by atoms with van der Waals surface area (Å²) >= 11 is 0. The van der Waals surface area contributed by atoms with E-state index in [1.165, 1.54) is 6.92 Å². The van der Waals surface area contributed by atoms with Gasteiger partial charge >= 0.3 is 12.3 Å². The summed E-state index contributed by atoms with van der Waals surface area (Å²) in [5.74, 6) is -2.30. The van der Waals surface area contributed by atoms with Crippen LogP contribution in [0.2, 0.25) is 0 Å². The van der Waals surface area contributed by atoms with E-state index >= 15 is 0 Å². The Bertz CT molecular complexity index is 456. The first-order chi connectivity index (χ1) is 8.76. The number of esters is 1. The van der Waals surface area contributed by atoms with E-state index in [1.54, 1.807) is 0 Å². The number of carbonyl (C=O) groups is 1. The molecule has 0 saturated carbocycles. The van der Waals surface area contributed by atoms with Crippen LogP contribution in [-0.2, 0) is 4.74 Å². The van der Waals surface area contributed by atoms with Gasteiger partial charge in [0, 0.05) is 5.56 Å². The summed E-state index contributed by atoms with van der Waals surface area (Å²) in [7, 11) is 0. The van der Waals surface area contributed by atoms with Crippen molar-refractivity contribution in [2.24, 2.45) is 0 Å². The molecule has 1 rings (SSSR count). The maximum atomic E-state index is 12.7. The van der Waals surface area contributed by atoms with Crippen LogP contribution in [0.15, 0.2) is 18.2 Å². The van der Waals surface area contributed by atoms with Crippen LogP contribution in [0.3, 0.4) is 0 Å². The minimum Gasteiger partial charge on any atom is -0.462 e. The molecular formula is C11H9F5O3. The highest BCUT2D eigenvalue weighted by Crippen LogP contribution is 2.33. The van der Waals surface area contributed by atoms with E-state index in [0.717, 1.165) is 18.2 Å². The number of alkyl halides is 5. The van der Waals surface area contributed by atoms with E-state index in [-0.39, 0.29) is 6.61 Å². The van der Waals surface area contributed by atoms with Crippen molar-refractivity contribution in [2.75, 3.05) is 6.61 Å². The van der Waals surface area contributed by atoms with Crippen LogP contribution in [0.4, 0.5) is 22.0 Å². The smallest absolute Gasteiger partial charge is 0.462 e. The van der Waals surface area contributed by atoms with Crippen LogP contribution < -0.4 is 4.74 Å². The van der Waals surface area contributed by atoms with Gasteiger partial charge in [-0.05, 0) is 13.0 Å². The molecule has 3 nitrogen and oxygen atoms in total. The molecule has 0 spiro atoms. The third-order valence-electron chi connectivity index (χ3n) is 2.00. The Balaban J connectivity index is 3.30. The van der Waals surface area contributed by atoms with Crippen LogP contribution in [0.5, 0.6) is 5.75 Å². The third-order valence-corrected chi connectivity index (χ3v) is 2.00. The summed E-state index contributed by atoms with van der Waals surface area (Å²) < 4.78 is 69.8. The maximum absolute atomic E-state index is 12.7. The van der Waals surface area contributed by atoms with Gasteiger partial charge in [-0.3, -0.25) is 0 Å². The topological polar surface area (TPSA) is 35.5 Å². The minimum atomic E-state index is -5.10. The maximum Gasteiger partial charge on any atom is 0.573 e. The minimum absolute atomic E-state index is 0.165. The predicted octanol–water partition coefficient (Wildman–Crippen LogP) is 3.70. The number of carbonyl (C=O) groups excluding carboxylic acids is 1. The molecule has 0 unspecified atom stereocenters. The molecule has 0 bridgehead atoms.